The van der Waals surface area contributed by atoms with Crippen molar-refractivity contribution in [3.63, 3.8) is 0 Å². The number of halogens is 3. The lowest BCUT2D eigenvalue weighted by Crippen LogP contribution is -2.38. The Morgan fingerprint density at radius 3 is 2.39 bits per heavy atom. The number of aromatic nitrogens is 1. The summed E-state index contributed by atoms with van der Waals surface area (Å²) in [6.07, 6.45) is -4.67. The van der Waals surface area contributed by atoms with Gasteiger partial charge in [0.15, 0.2) is 5.13 Å². The van der Waals surface area contributed by atoms with E-state index in [0.29, 0.717) is 16.1 Å². The maximum Gasteiger partial charge on any atom is 0.416 e. The second-order valence-corrected chi connectivity index (χ2v) is 9.44. The van der Waals surface area contributed by atoms with Gasteiger partial charge in [0.25, 0.3) is 10.0 Å². The Kier molecular flexibility index (Phi) is 6.37. The maximum atomic E-state index is 13.2. The fourth-order valence-corrected chi connectivity index (χ4v) is 4.81. The number of aryl methyl sites for hydroxylation is 2. The molecule has 1 N–H and O–H groups in total. The monoisotopic (exact) mass is 469 g/mol. The Balaban J connectivity index is 2.01. The number of rotatable bonds is 6. The second-order valence-electron chi connectivity index (χ2n) is 6.72. The van der Waals surface area contributed by atoms with E-state index in [1.807, 2.05) is 0 Å². The standard InChI is InChI=1S/C20H18F3N3O3S2/c1-13-6-8-17(9-7-13)31(28,29)26(11-18(27)25-19-24-14(2)12-30-19)16-5-3-4-15(10-16)20(21,22)23/h3-10,12H,11H2,1-2H3,(H,24,25,27). The van der Waals surface area contributed by atoms with E-state index in [1.165, 1.54) is 18.2 Å². The summed E-state index contributed by atoms with van der Waals surface area (Å²) >= 11 is 1.15. The summed E-state index contributed by atoms with van der Waals surface area (Å²) in [5.41, 5.74) is 0.176. The van der Waals surface area contributed by atoms with Crippen LogP contribution >= 0.6 is 11.3 Å². The van der Waals surface area contributed by atoms with Crippen molar-refractivity contribution in [3.8, 4) is 0 Å². The number of nitrogens with one attached hydrogen (secondary N) is 1. The van der Waals surface area contributed by atoms with Crippen LogP contribution in [-0.4, -0.2) is 25.9 Å². The van der Waals surface area contributed by atoms with Crippen LogP contribution in [0.4, 0.5) is 24.0 Å². The van der Waals surface area contributed by atoms with Crippen LogP contribution in [0, 0.1) is 13.8 Å². The number of thiazole rings is 1. The molecule has 1 aromatic heterocycles. The number of alkyl halides is 3. The first kappa shape index (κ1) is 22.8. The fraction of sp³-hybridized carbons (Fsp3) is 0.200. The Labute approximate surface area is 181 Å². The van der Waals surface area contributed by atoms with Gasteiger partial charge in [-0.05, 0) is 44.2 Å². The number of benzene rings is 2. The first-order valence-electron chi connectivity index (χ1n) is 8.95. The molecular weight excluding hydrogens is 451 g/mol. The van der Waals surface area contributed by atoms with E-state index >= 15 is 0 Å². The Morgan fingerprint density at radius 1 is 1.13 bits per heavy atom. The molecule has 0 fully saturated rings. The number of carbonyl (C=O) groups excluding carboxylic acids is 1. The van der Waals surface area contributed by atoms with Crippen LogP contribution in [0.5, 0.6) is 0 Å². The number of hydrogen-bond acceptors (Lipinski definition) is 5. The van der Waals surface area contributed by atoms with Gasteiger partial charge in [-0.15, -0.1) is 11.3 Å². The van der Waals surface area contributed by atoms with Crippen LogP contribution < -0.4 is 9.62 Å². The van der Waals surface area contributed by atoms with Crippen LogP contribution in [0.1, 0.15) is 16.8 Å². The molecule has 0 radical (unpaired) electrons. The molecule has 0 saturated carbocycles. The number of carbonyl (C=O) groups is 1. The molecule has 0 bridgehead atoms. The molecule has 6 nitrogen and oxygen atoms in total. The lowest BCUT2D eigenvalue weighted by molar-refractivity contribution is -0.137. The summed E-state index contributed by atoms with van der Waals surface area (Å²) in [7, 11) is -4.33. The molecule has 0 aliphatic carbocycles. The van der Waals surface area contributed by atoms with Crippen molar-refractivity contribution in [2.75, 3.05) is 16.2 Å². The molecule has 11 heteroatoms. The normalized spacial score (nSPS) is 11.9. The molecule has 2 aromatic carbocycles. The van der Waals surface area contributed by atoms with Crippen molar-refractivity contribution in [1.29, 1.82) is 0 Å². The third kappa shape index (κ3) is 5.42. The van der Waals surface area contributed by atoms with Crippen LogP contribution in [0.3, 0.4) is 0 Å². The molecule has 0 aliphatic heterocycles. The van der Waals surface area contributed by atoms with Gasteiger partial charge in [-0.1, -0.05) is 23.8 Å². The van der Waals surface area contributed by atoms with E-state index in [9.17, 15) is 26.4 Å². The highest BCUT2D eigenvalue weighted by Crippen LogP contribution is 2.33. The summed E-state index contributed by atoms with van der Waals surface area (Å²) < 4.78 is 66.7. The number of amides is 1. The van der Waals surface area contributed by atoms with Crippen LogP contribution in [0.2, 0.25) is 0 Å². The number of sulfonamides is 1. The zero-order chi connectivity index (χ0) is 22.8. The fourth-order valence-electron chi connectivity index (χ4n) is 2.69. The van der Waals surface area contributed by atoms with E-state index in [1.54, 1.807) is 31.4 Å². The highest BCUT2D eigenvalue weighted by atomic mass is 32.2. The summed E-state index contributed by atoms with van der Waals surface area (Å²) in [5.74, 6) is -0.734. The molecule has 1 amide bonds. The van der Waals surface area contributed by atoms with Crippen LogP contribution in [0.25, 0.3) is 0 Å². The first-order chi connectivity index (χ1) is 14.5. The van der Waals surface area contributed by atoms with Crippen molar-refractivity contribution in [2.24, 2.45) is 0 Å². The molecule has 164 valence electrons. The minimum Gasteiger partial charge on any atom is -0.300 e. The molecule has 0 atom stereocenters. The molecule has 0 aliphatic rings. The summed E-state index contributed by atoms with van der Waals surface area (Å²) in [4.78, 5) is 16.5. The molecule has 1 heterocycles. The average Bonchev–Trinajstić information content (AvgIpc) is 3.10. The minimum atomic E-state index is -4.67. The first-order valence-corrected chi connectivity index (χ1v) is 11.3. The second kappa shape index (κ2) is 8.67. The molecule has 31 heavy (non-hydrogen) atoms. The Bertz CT molecular complexity index is 1190. The number of hydrogen-bond donors (Lipinski definition) is 1. The van der Waals surface area contributed by atoms with Crippen molar-refractivity contribution in [2.45, 2.75) is 24.9 Å². The molecular formula is C20H18F3N3O3S2. The zero-order valence-electron chi connectivity index (χ0n) is 16.5. The molecule has 3 rings (SSSR count). The summed E-state index contributed by atoms with van der Waals surface area (Å²) in [6, 6.07) is 9.65. The smallest absolute Gasteiger partial charge is 0.300 e. The largest absolute Gasteiger partial charge is 0.416 e. The van der Waals surface area contributed by atoms with E-state index in [4.69, 9.17) is 0 Å². The summed E-state index contributed by atoms with van der Waals surface area (Å²) in [5, 5.41) is 4.44. The van der Waals surface area contributed by atoms with Crippen LogP contribution in [-0.2, 0) is 21.0 Å². The van der Waals surface area contributed by atoms with Gasteiger partial charge in [0, 0.05) is 5.38 Å². The van der Waals surface area contributed by atoms with E-state index in [2.05, 4.69) is 10.3 Å². The van der Waals surface area contributed by atoms with Gasteiger partial charge in [-0.2, -0.15) is 13.2 Å². The molecule has 0 spiro atoms. The van der Waals surface area contributed by atoms with E-state index in [-0.39, 0.29) is 15.7 Å². The highest BCUT2D eigenvalue weighted by molar-refractivity contribution is 7.92. The van der Waals surface area contributed by atoms with Gasteiger partial charge in [-0.3, -0.25) is 9.10 Å². The SMILES string of the molecule is Cc1ccc(S(=O)(=O)N(CC(=O)Nc2nc(C)cs2)c2cccc(C(F)(F)F)c2)cc1. The number of anilines is 2. The van der Waals surface area contributed by atoms with Crippen molar-refractivity contribution in [3.05, 3.63) is 70.7 Å². The van der Waals surface area contributed by atoms with Gasteiger partial charge in [0.05, 0.1) is 21.8 Å². The van der Waals surface area contributed by atoms with Crippen molar-refractivity contribution < 1.29 is 26.4 Å². The molecule has 0 saturated heterocycles. The van der Waals surface area contributed by atoms with E-state index < -0.39 is 34.2 Å². The van der Waals surface area contributed by atoms with Gasteiger partial charge in [-0.25, -0.2) is 13.4 Å². The van der Waals surface area contributed by atoms with Crippen LogP contribution in [0.15, 0.2) is 58.8 Å². The predicted molar refractivity (Wildman–Crippen MR) is 113 cm³/mol. The lowest BCUT2D eigenvalue weighted by Gasteiger charge is -2.24. The Morgan fingerprint density at radius 2 is 1.81 bits per heavy atom. The van der Waals surface area contributed by atoms with Gasteiger partial charge >= 0.3 is 6.18 Å². The van der Waals surface area contributed by atoms with E-state index in [0.717, 1.165) is 29.0 Å². The maximum absolute atomic E-state index is 13.2. The minimum absolute atomic E-state index is 0.145. The molecule has 0 unspecified atom stereocenters. The number of nitrogens with zero attached hydrogens (tertiary/aromatic N) is 2. The quantitative estimate of drug-likeness (QED) is 0.572. The zero-order valence-corrected chi connectivity index (χ0v) is 18.1. The van der Waals surface area contributed by atoms with Crippen molar-refractivity contribution >= 4 is 38.1 Å². The average molecular weight is 470 g/mol. The lowest BCUT2D eigenvalue weighted by atomic mass is 10.2. The Hall–Kier alpha value is -2.92. The predicted octanol–water partition coefficient (Wildman–Crippen LogP) is 4.61. The topological polar surface area (TPSA) is 79.4 Å². The molecule has 3 aromatic rings. The highest BCUT2D eigenvalue weighted by Gasteiger charge is 2.33. The summed E-state index contributed by atoms with van der Waals surface area (Å²) in [6.45, 7) is 2.77. The third-order valence-electron chi connectivity index (χ3n) is 4.22. The van der Waals surface area contributed by atoms with Gasteiger partial charge in [0.1, 0.15) is 6.54 Å². The third-order valence-corrected chi connectivity index (χ3v) is 6.89. The van der Waals surface area contributed by atoms with Gasteiger partial charge < -0.3 is 5.32 Å². The van der Waals surface area contributed by atoms with Crippen molar-refractivity contribution in [1.82, 2.24) is 4.98 Å². The van der Waals surface area contributed by atoms with Gasteiger partial charge in [0.2, 0.25) is 5.91 Å².